The van der Waals surface area contributed by atoms with E-state index in [4.69, 9.17) is 9.47 Å². The fourth-order valence-electron chi connectivity index (χ4n) is 4.39. The Morgan fingerprint density at radius 3 is 2.81 bits per heavy atom. The van der Waals surface area contributed by atoms with Crippen LogP contribution < -0.4 is 10.1 Å². The van der Waals surface area contributed by atoms with Gasteiger partial charge in [-0.3, -0.25) is 9.78 Å². The Kier molecular flexibility index (Phi) is 8.75. The molecule has 0 spiro atoms. The number of carbonyl (C=O) groups is 2. The predicted octanol–water partition coefficient (Wildman–Crippen LogP) is 5.28. The summed E-state index contributed by atoms with van der Waals surface area (Å²) in [6.07, 6.45) is 2.67. The number of nitrogens with one attached hydrogen (secondary N) is 1. The Labute approximate surface area is 220 Å². The largest absolute Gasteiger partial charge is 0.494 e. The Balaban J connectivity index is 1.36. The van der Waals surface area contributed by atoms with E-state index in [-0.39, 0.29) is 30.9 Å². The molecule has 0 saturated heterocycles. The molecule has 8 nitrogen and oxygen atoms in total. The second-order valence-electron chi connectivity index (χ2n) is 8.80. The zero-order valence-corrected chi connectivity index (χ0v) is 21.8. The smallest absolute Gasteiger partial charge is 0.410 e. The van der Waals surface area contributed by atoms with Crippen molar-refractivity contribution < 1.29 is 19.1 Å². The van der Waals surface area contributed by atoms with Gasteiger partial charge in [-0.1, -0.05) is 31.2 Å². The number of rotatable bonds is 9. The van der Waals surface area contributed by atoms with Crippen LogP contribution >= 0.6 is 11.3 Å². The number of hydrogen-bond acceptors (Lipinski definition) is 7. The number of aromatic nitrogens is 1. The van der Waals surface area contributed by atoms with Gasteiger partial charge in [-0.25, -0.2) is 4.79 Å². The molecule has 0 fully saturated rings. The highest BCUT2D eigenvalue weighted by atomic mass is 32.1. The van der Waals surface area contributed by atoms with E-state index in [1.54, 1.807) is 11.1 Å². The maximum Gasteiger partial charge on any atom is 0.410 e. The first-order valence-corrected chi connectivity index (χ1v) is 13.2. The van der Waals surface area contributed by atoms with Gasteiger partial charge in [-0.05, 0) is 48.6 Å². The maximum absolute atomic E-state index is 12.9. The Morgan fingerprint density at radius 2 is 2.05 bits per heavy atom. The molecule has 37 heavy (non-hydrogen) atoms. The fourth-order valence-corrected chi connectivity index (χ4v) is 5.62. The van der Waals surface area contributed by atoms with Crippen LogP contribution in [0, 0.1) is 11.3 Å². The highest BCUT2D eigenvalue weighted by molar-refractivity contribution is 7.16. The molecule has 1 atom stereocenters. The van der Waals surface area contributed by atoms with Crippen LogP contribution in [0.1, 0.15) is 53.4 Å². The molecule has 192 valence electrons. The number of para-hydroxylation sites is 1. The molecule has 1 aromatic carbocycles. The van der Waals surface area contributed by atoms with Gasteiger partial charge in [-0.2, -0.15) is 5.26 Å². The van der Waals surface area contributed by atoms with Gasteiger partial charge in [0.15, 0.2) is 0 Å². The first-order valence-electron chi connectivity index (χ1n) is 12.4. The van der Waals surface area contributed by atoms with Gasteiger partial charge in [0.05, 0.1) is 25.3 Å². The lowest BCUT2D eigenvalue weighted by atomic mass is 9.96. The predicted molar refractivity (Wildman–Crippen MR) is 142 cm³/mol. The number of ether oxygens (including phenoxy) is 2. The van der Waals surface area contributed by atoms with Crippen molar-refractivity contribution in [3.05, 3.63) is 75.9 Å². The minimum absolute atomic E-state index is 0.0563. The number of benzene rings is 1. The summed E-state index contributed by atoms with van der Waals surface area (Å²) in [5.74, 6) is 0.556. The van der Waals surface area contributed by atoms with Crippen LogP contribution in [0.2, 0.25) is 0 Å². The Bertz CT molecular complexity index is 1290. The van der Waals surface area contributed by atoms with E-state index in [9.17, 15) is 14.9 Å². The van der Waals surface area contributed by atoms with Gasteiger partial charge in [0.25, 0.3) is 0 Å². The average Bonchev–Trinajstić information content (AvgIpc) is 3.25. The SMILES string of the molecule is CCOc1ccccc1C(C)CC(=O)Nc1sc2c(c1C#N)CCN(C(=O)OCCc1ccccn1)C2. The fraction of sp³-hybridized carbons (Fsp3) is 0.357. The standard InChI is InChI=1S/C28H30N4O4S/c1-3-35-24-10-5-4-9-21(24)19(2)16-26(33)31-27-23(17-29)22-11-14-32(18-25(22)37-27)28(34)36-15-12-20-8-6-7-13-30-20/h4-10,13,19H,3,11-12,14-16,18H2,1-2H3,(H,31,33). The molecule has 4 rings (SSSR count). The van der Waals surface area contributed by atoms with Crippen molar-refractivity contribution in [1.29, 1.82) is 5.26 Å². The zero-order valence-electron chi connectivity index (χ0n) is 21.0. The number of nitrogens with zero attached hydrogens (tertiary/aromatic N) is 3. The maximum atomic E-state index is 12.9. The van der Waals surface area contributed by atoms with E-state index in [1.807, 2.05) is 56.3 Å². The van der Waals surface area contributed by atoms with E-state index >= 15 is 0 Å². The van der Waals surface area contributed by atoms with E-state index in [0.717, 1.165) is 27.4 Å². The third-order valence-corrected chi connectivity index (χ3v) is 7.36. The summed E-state index contributed by atoms with van der Waals surface area (Å²) in [4.78, 5) is 32.3. The van der Waals surface area contributed by atoms with Gasteiger partial charge >= 0.3 is 6.09 Å². The van der Waals surface area contributed by atoms with Crippen LogP contribution in [0.5, 0.6) is 5.75 Å². The molecule has 0 aliphatic carbocycles. The van der Waals surface area contributed by atoms with Crippen molar-refractivity contribution in [2.45, 2.75) is 45.6 Å². The van der Waals surface area contributed by atoms with E-state index in [0.29, 0.717) is 43.1 Å². The lowest BCUT2D eigenvalue weighted by Gasteiger charge is -2.26. The van der Waals surface area contributed by atoms with Crippen molar-refractivity contribution in [2.24, 2.45) is 0 Å². The summed E-state index contributed by atoms with van der Waals surface area (Å²) < 4.78 is 11.2. The molecule has 1 unspecified atom stereocenters. The third kappa shape index (κ3) is 6.46. The Morgan fingerprint density at radius 1 is 1.24 bits per heavy atom. The van der Waals surface area contributed by atoms with Crippen molar-refractivity contribution >= 4 is 28.3 Å². The zero-order chi connectivity index (χ0) is 26.2. The first kappa shape index (κ1) is 26.2. The number of nitriles is 1. The van der Waals surface area contributed by atoms with Gasteiger partial charge in [0.1, 0.15) is 16.8 Å². The summed E-state index contributed by atoms with van der Waals surface area (Å²) >= 11 is 1.35. The van der Waals surface area contributed by atoms with Gasteiger partial charge < -0.3 is 19.7 Å². The Hall–Kier alpha value is -3.90. The number of pyridine rings is 1. The summed E-state index contributed by atoms with van der Waals surface area (Å²) in [6, 6.07) is 15.6. The molecule has 0 saturated carbocycles. The minimum Gasteiger partial charge on any atom is -0.494 e. The van der Waals surface area contributed by atoms with Crippen LogP contribution in [0.3, 0.4) is 0 Å². The lowest BCUT2D eigenvalue weighted by molar-refractivity contribution is -0.116. The van der Waals surface area contributed by atoms with Crippen LogP contribution in [0.4, 0.5) is 9.80 Å². The van der Waals surface area contributed by atoms with E-state index in [1.165, 1.54) is 11.3 Å². The average molecular weight is 519 g/mol. The quantitative estimate of drug-likeness (QED) is 0.413. The molecule has 1 aliphatic rings. The molecular formula is C28H30N4O4S. The monoisotopic (exact) mass is 518 g/mol. The van der Waals surface area contributed by atoms with Gasteiger partial charge in [0.2, 0.25) is 5.91 Å². The van der Waals surface area contributed by atoms with Crippen molar-refractivity contribution in [3.63, 3.8) is 0 Å². The first-order chi connectivity index (χ1) is 18.0. The molecule has 1 N–H and O–H groups in total. The highest BCUT2D eigenvalue weighted by Crippen LogP contribution is 2.37. The molecule has 3 heterocycles. The van der Waals surface area contributed by atoms with E-state index in [2.05, 4.69) is 16.4 Å². The van der Waals surface area contributed by atoms with E-state index < -0.39 is 0 Å². The molecule has 2 amide bonds. The number of hydrogen-bond donors (Lipinski definition) is 1. The second-order valence-corrected chi connectivity index (χ2v) is 9.91. The molecule has 2 aromatic heterocycles. The van der Waals surface area contributed by atoms with Gasteiger partial charge in [-0.15, -0.1) is 11.3 Å². The molecule has 0 bridgehead atoms. The molecule has 9 heteroatoms. The molecule has 1 aliphatic heterocycles. The topological polar surface area (TPSA) is 105 Å². The molecular weight excluding hydrogens is 488 g/mol. The number of amides is 2. The molecule has 3 aromatic rings. The second kappa shape index (κ2) is 12.4. The van der Waals surface area contributed by atoms with Crippen LogP contribution in [-0.4, -0.2) is 41.6 Å². The molecule has 0 radical (unpaired) electrons. The number of anilines is 1. The number of thiophene rings is 1. The van der Waals surface area contributed by atoms with Crippen molar-refractivity contribution in [2.75, 3.05) is 25.1 Å². The van der Waals surface area contributed by atoms with Crippen molar-refractivity contribution in [1.82, 2.24) is 9.88 Å². The number of carbonyl (C=O) groups excluding carboxylic acids is 2. The van der Waals surface area contributed by atoms with Crippen molar-refractivity contribution in [3.8, 4) is 11.8 Å². The summed E-state index contributed by atoms with van der Waals surface area (Å²) in [7, 11) is 0. The summed E-state index contributed by atoms with van der Waals surface area (Å²) in [5, 5.41) is 13.3. The lowest BCUT2D eigenvalue weighted by Crippen LogP contribution is -2.36. The summed E-state index contributed by atoms with van der Waals surface area (Å²) in [6.45, 7) is 5.53. The number of fused-ring (bicyclic) bond motifs is 1. The normalized spacial score (nSPS) is 13.3. The van der Waals surface area contributed by atoms with Crippen LogP contribution in [-0.2, 0) is 28.9 Å². The minimum atomic E-state index is -0.388. The highest BCUT2D eigenvalue weighted by Gasteiger charge is 2.28. The van der Waals surface area contributed by atoms with Crippen LogP contribution in [0.15, 0.2) is 48.7 Å². The third-order valence-electron chi connectivity index (χ3n) is 6.23. The summed E-state index contributed by atoms with van der Waals surface area (Å²) in [5.41, 5.74) is 3.22. The van der Waals surface area contributed by atoms with Gasteiger partial charge in [0, 0.05) is 36.2 Å². The van der Waals surface area contributed by atoms with Crippen LogP contribution in [0.25, 0.3) is 0 Å².